The molecule has 4 nitrogen and oxygen atoms in total. The molecule has 0 unspecified atom stereocenters. The lowest BCUT2D eigenvalue weighted by Gasteiger charge is -2.35. The number of imidazole rings is 1. The lowest BCUT2D eigenvalue weighted by atomic mass is 9.34. The molecule has 0 bridgehead atoms. The number of hydrogen-bond donors (Lipinski definition) is 0. The minimum Gasteiger partial charge on any atom is -0.458 e. The summed E-state index contributed by atoms with van der Waals surface area (Å²) in [6.07, 6.45) is 0. The van der Waals surface area contributed by atoms with Gasteiger partial charge in [-0.1, -0.05) is 123 Å². The van der Waals surface area contributed by atoms with Crippen LogP contribution < -0.4 is 25.7 Å². The van der Waals surface area contributed by atoms with Crippen molar-refractivity contribution in [1.82, 2.24) is 8.97 Å². The Kier molecular flexibility index (Phi) is 7.36. The maximum Gasteiger partial charge on any atom is 0.295 e. The third-order valence-corrected chi connectivity index (χ3v) is 14.4. The second-order valence-electron chi connectivity index (χ2n) is 21.4. The molecule has 0 N–H and O–H groups in total. The van der Waals surface area contributed by atoms with E-state index in [1.54, 1.807) is 0 Å². The van der Waals surface area contributed by atoms with E-state index in [-0.39, 0.29) is 23.0 Å². The van der Waals surface area contributed by atoms with Gasteiger partial charge in [0.15, 0.2) is 11.0 Å². The molecule has 0 saturated carbocycles. The van der Waals surface area contributed by atoms with E-state index in [2.05, 4.69) is 211 Å². The summed E-state index contributed by atoms with van der Waals surface area (Å²) >= 11 is 0. The summed E-state index contributed by atoms with van der Waals surface area (Å²) in [7, 11) is 2.22. The Bertz CT molecular complexity index is 3640. The number of rotatable bonds is 1. The van der Waals surface area contributed by atoms with E-state index in [0.717, 1.165) is 22.6 Å². The summed E-state index contributed by atoms with van der Waals surface area (Å²) in [5, 5.41) is 6.49. The molecule has 0 fully saturated rings. The van der Waals surface area contributed by atoms with E-state index < -0.39 is 0 Å². The first-order chi connectivity index (χ1) is 29.5. The van der Waals surface area contributed by atoms with Gasteiger partial charge in [-0.05, 0) is 134 Å². The summed E-state index contributed by atoms with van der Waals surface area (Å²) in [5.74, 6) is 1.88. The number of para-hydroxylation sites is 1. The first-order valence-electron chi connectivity index (χ1n) is 22.4. The van der Waals surface area contributed by atoms with Gasteiger partial charge in [0.1, 0.15) is 17.0 Å². The largest absolute Gasteiger partial charge is 0.458 e. The van der Waals surface area contributed by atoms with Crippen LogP contribution in [0.2, 0.25) is 0 Å². The molecule has 0 aliphatic carbocycles. The minimum absolute atomic E-state index is 0.00787. The number of hydrogen-bond acceptors (Lipinski definition) is 1. The van der Waals surface area contributed by atoms with E-state index in [4.69, 9.17) is 4.74 Å². The molecule has 2 aliphatic heterocycles. The fourth-order valence-electron chi connectivity index (χ4n) is 11.0. The van der Waals surface area contributed by atoms with Crippen molar-refractivity contribution in [3.63, 3.8) is 0 Å². The van der Waals surface area contributed by atoms with Gasteiger partial charge >= 0.3 is 0 Å². The van der Waals surface area contributed by atoms with Gasteiger partial charge in [0.2, 0.25) is 0 Å². The lowest BCUT2D eigenvalue weighted by Crippen LogP contribution is -2.58. The molecular weight excluding hydrogens is 753 g/mol. The molecule has 5 heteroatoms. The number of nitrogens with zero attached hydrogens (tertiary/aromatic N) is 3. The number of pyridine rings is 1. The van der Waals surface area contributed by atoms with Crippen molar-refractivity contribution in [3.05, 3.63) is 144 Å². The molecule has 0 spiro atoms. The molecule has 12 rings (SSSR count). The van der Waals surface area contributed by atoms with Crippen molar-refractivity contribution < 1.29 is 9.30 Å². The first-order valence-corrected chi connectivity index (χ1v) is 22.4. The van der Waals surface area contributed by atoms with Crippen LogP contribution in [0.25, 0.3) is 77.0 Å². The quantitative estimate of drug-likeness (QED) is 0.0920. The number of aryl methyl sites for hydroxylation is 2. The zero-order valence-electron chi connectivity index (χ0n) is 37.9. The van der Waals surface area contributed by atoms with E-state index >= 15 is 0 Å². The van der Waals surface area contributed by atoms with Crippen LogP contribution in [0.5, 0.6) is 11.5 Å². The van der Waals surface area contributed by atoms with Gasteiger partial charge in [0, 0.05) is 32.7 Å². The van der Waals surface area contributed by atoms with Crippen molar-refractivity contribution >= 4 is 83.3 Å². The van der Waals surface area contributed by atoms with E-state index in [1.807, 2.05) is 0 Å². The van der Waals surface area contributed by atoms with Crippen LogP contribution in [0.4, 0.5) is 0 Å². The van der Waals surface area contributed by atoms with Crippen LogP contribution in [0, 0.1) is 6.92 Å². The maximum atomic E-state index is 7.17. The summed E-state index contributed by atoms with van der Waals surface area (Å²) in [6, 6.07) is 46.5. The smallest absolute Gasteiger partial charge is 0.295 e. The Balaban J connectivity index is 1.19. The van der Waals surface area contributed by atoms with Crippen LogP contribution in [-0.2, 0) is 23.3 Å². The standard InChI is InChI=1S/C57H53BN3O/c1-32-15-14-17-39-38-16-12-13-18-44(38)61-47-25-33(19-22-46(47)59(11)54(61)51(32)39)34-26-48-52-50(27-34)62-49-24-21-36(56(5,6)7)30-42(49)58(52)43-31-37(57(8,9)10)29-41-40-28-35(55(2,3)4)20-23-45(40)60(48)53(41)43/h12-31H,1-11H3/q+1. The number of fused-ring (bicyclic) bond motifs is 15. The Labute approximate surface area is 364 Å². The predicted molar refractivity (Wildman–Crippen MR) is 263 cm³/mol. The average molecular weight is 807 g/mol. The van der Waals surface area contributed by atoms with Crippen molar-refractivity contribution in [2.75, 3.05) is 0 Å². The summed E-state index contributed by atoms with van der Waals surface area (Å²) in [5.41, 5.74) is 20.0. The van der Waals surface area contributed by atoms with Gasteiger partial charge in [-0.3, -0.25) is 0 Å². The zero-order valence-corrected chi connectivity index (χ0v) is 37.9. The second-order valence-corrected chi connectivity index (χ2v) is 21.4. The Morgan fingerprint density at radius 3 is 2.00 bits per heavy atom. The van der Waals surface area contributed by atoms with Crippen LogP contribution >= 0.6 is 0 Å². The fraction of sp³-hybridized carbons (Fsp3) is 0.246. The topological polar surface area (TPSA) is 22.4 Å². The van der Waals surface area contributed by atoms with Gasteiger partial charge in [-0.25, -0.2) is 4.57 Å². The molecule has 0 atom stereocenters. The Hall–Kier alpha value is -6.33. The Morgan fingerprint density at radius 2 is 1.23 bits per heavy atom. The Morgan fingerprint density at radius 1 is 0.532 bits per heavy atom. The van der Waals surface area contributed by atoms with Crippen LogP contribution in [0.1, 0.15) is 84.6 Å². The minimum atomic E-state index is -0.0381. The number of ether oxygens (including phenoxy) is 1. The number of aromatic nitrogens is 3. The molecule has 304 valence electrons. The monoisotopic (exact) mass is 806 g/mol. The lowest BCUT2D eigenvalue weighted by molar-refractivity contribution is -0.617. The van der Waals surface area contributed by atoms with Crippen LogP contribution in [0.3, 0.4) is 0 Å². The van der Waals surface area contributed by atoms with Gasteiger partial charge in [0.05, 0.1) is 18.0 Å². The summed E-state index contributed by atoms with van der Waals surface area (Å²) in [4.78, 5) is 0. The van der Waals surface area contributed by atoms with E-state index in [9.17, 15) is 0 Å². The molecule has 0 saturated heterocycles. The van der Waals surface area contributed by atoms with E-state index in [1.165, 1.54) is 104 Å². The normalized spacial score (nSPS) is 13.8. The fourth-order valence-corrected chi connectivity index (χ4v) is 11.0. The molecule has 62 heavy (non-hydrogen) atoms. The molecule has 0 amide bonds. The molecule has 5 heterocycles. The number of benzene rings is 7. The molecule has 3 aromatic heterocycles. The van der Waals surface area contributed by atoms with Crippen LogP contribution in [0.15, 0.2) is 121 Å². The highest BCUT2D eigenvalue weighted by atomic mass is 16.5. The van der Waals surface area contributed by atoms with Crippen LogP contribution in [-0.4, -0.2) is 15.7 Å². The first kappa shape index (κ1) is 37.4. The SMILES string of the molecule is Cc1cccc2c3ccccc3n3c4cc(-c5cc6c7c(c5)-n5c8ccc(C(C)(C)C)cc8c8cc(C(C)(C)C)cc(c85)B7c5cc(C(C)(C)C)ccc5O6)ccc4[n+](C)c3c12. The molecule has 0 radical (unpaired) electrons. The highest BCUT2D eigenvalue weighted by molar-refractivity contribution is 6.99. The van der Waals surface area contributed by atoms with Gasteiger partial charge in [0.25, 0.3) is 12.4 Å². The average Bonchev–Trinajstić information content (AvgIpc) is 3.72. The molecule has 7 aromatic carbocycles. The third kappa shape index (κ3) is 5.05. The maximum absolute atomic E-state index is 7.17. The second kappa shape index (κ2) is 12.2. The van der Waals surface area contributed by atoms with E-state index in [0.29, 0.717) is 0 Å². The highest BCUT2D eigenvalue weighted by Gasteiger charge is 2.42. The third-order valence-electron chi connectivity index (χ3n) is 14.4. The highest BCUT2D eigenvalue weighted by Crippen LogP contribution is 2.43. The van der Waals surface area contributed by atoms with Crippen molar-refractivity contribution in [3.8, 4) is 28.3 Å². The molecule has 2 aliphatic rings. The molecule has 10 aromatic rings. The van der Waals surface area contributed by atoms with Crippen molar-refractivity contribution in [1.29, 1.82) is 0 Å². The van der Waals surface area contributed by atoms with Crippen molar-refractivity contribution in [2.45, 2.75) is 85.5 Å². The van der Waals surface area contributed by atoms with Crippen molar-refractivity contribution in [2.24, 2.45) is 7.05 Å². The molecular formula is C57H53BN3O+. The van der Waals surface area contributed by atoms with Gasteiger partial charge < -0.3 is 9.30 Å². The summed E-state index contributed by atoms with van der Waals surface area (Å²) < 4.78 is 14.6. The van der Waals surface area contributed by atoms with Gasteiger partial charge in [-0.2, -0.15) is 4.40 Å². The van der Waals surface area contributed by atoms with Gasteiger partial charge in [-0.15, -0.1) is 0 Å². The zero-order chi connectivity index (χ0) is 42.9. The predicted octanol–water partition coefficient (Wildman–Crippen LogP) is 12.1. The summed E-state index contributed by atoms with van der Waals surface area (Å²) in [6.45, 7) is 23.2.